The van der Waals surface area contributed by atoms with Crippen LogP contribution < -0.4 is 0 Å². The Bertz CT molecular complexity index is 901. The van der Waals surface area contributed by atoms with E-state index >= 15 is 0 Å². The Balaban J connectivity index is 1.46. The van der Waals surface area contributed by atoms with Crippen LogP contribution in [-0.4, -0.2) is 73.2 Å². The SMILES string of the molecule is O=C(c1ccccc1)N(C[C@@H]1CN(C(=O)c2ccccc2Cl)CCO1)C[C@@H]1CCCO1. The van der Waals surface area contributed by atoms with Crippen LogP contribution in [0.25, 0.3) is 0 Å². The minimum absolute atomic E-state index is 0.0390. The number of halogens is 1. The van der Waals surface area contributed by atoms with Crippen molar-refractivity contribution in [2.24, 2.45) is 0 Å². The first-order valence-corrected chi connectivity index (χ1v) is 11.1. The third-order valence-corrected chi connectivity index (χ3v) is 6.04. The second kappa shape index (κ2) is 10.3. The van der Waals surface area contributed by atoms with Gasteiger partial charge in [0.15, 0.2) is 0 Å². The van der Waals surface area contributed by atoms with Crippen molar-refractivity contribution in [2.45, 2.75) is 25.0 Å². The molecule has 7 heteroatoms. The Hall–Kier alpha value is -2.41. The summed E-state index contributed by atoms with van der Waals surface area (Å²) in [5.41, 5.74) is 1.13. The van der Waals surface area contributed by atoms with E-state index in [4.69, 9.17) is 21.1 Å². The Labute approximate surface area is 187 Å². The van der Waals surface area contributed by atoms with E-state index in [2.05, 4.69) is 0 Å². The lowest BCUT2D eigenvalue weighted by Crippen LogP contribution is -2.51. The van der Waals surface area contributed by atoms with Crippen molar-refractivity contribution in [3.63, 3.8) is 0 Å². The van der Waals surface area contributed by atoms with Gasteiger partial charge in [-0.1, -0.05) is 41.9 Å². The molecule has 6 nitrogen and oxygen atoms in total. The van der Waals surface area contributed by atoms with E-state index in [1.807, 2.05) is 30.3 Å². The van der Waals surface area contributed by atoms with Crippen molar-refractivity contribution in [2.75, 3.05) is 39.4 Å². The van der Waals surface area contributed by atoms with Crippen LogP contribution in [-0.2, 0) is 9.47 Å². The Kier molecular flexibility index (Phi) is 7.22. The summed E-state index contributed by atoms with van der Waals surface area (Å²) in [6, 6.07) is 16.3. The number of hydrogen-bond acceptors (Lipinski definition) is 4. The van der Waals surface area contributed by atoms with Crippen LogP contribution in [0.5, 0.6) is 0 Å². The summed E-state index contributed by atoms with van der Waals surface area (Å²) in [6.07, 6.45) is 1.73. The van der Waals surface area contributed by atoms with Gasteiger partial charge in [0, 0.05) is 38.3 Å². The van der Waals surface area contributed by atoms with E-state index in [-0.39, 0.29) is 24.0 Å². The third kappa shape index (κ3) is 5.45. The molecule has 2 atom stereocenters. The topological polar surface area (TPSA) is 59.1 Å². The van der Waals surface area contributed by atoms with Gasteiger partial charge in [-0.05, 0) is 37.1 Å². The van der Waals surface area contributed by atoms with Crippen LogP contribution >= 0.6 is 11.6 Å². The van der Waals surface area contributed by atoms with Gasteiger partial charge in [-0.2, -0.15) is 0 Å². The molecular formula is C24H27ClN2O4. The zero-order chi connectivity index (χ0) is 21.6. The molecule has 0 unspecified atom stereocenters. The van der Waals surface area contributed by atoms with E-state index < -0.39 is 0 Å². The van der Waals surface area contributed by atoms with Gasteiger partial charge < -0.3 is 19.3 Å². The van der Waals surface area contributed by atoms with Crippen molar-refractivity contribution in [1.82, 2.24) is 9.80 Å². The summed E-state index contributed by atoms with van der Waals surface area (Å²) >= 11 is 6.22. The summed E-state index contributed by atoms with van der Waals surface area (Å²) in [5.74, 6) is -0.159. The highest BCUT2D eigenvalue weighted by molar-refractivity contribution is 6.33. The molecule has 2 aromatic rings. The number of nitrogens with zero attached hydrogens (tertiary/aromatic N) is 2. The molecule has 0 aromatic heterocycles. The predicted octanol–water partition coefficient (Wildman–Crippen LogP) is 3.50. The van der Waals surface area contributed by atoms with E-state index in [1.54, 1.807) is 34.1 Å². The quantitative estimate of drug-likeness (QED) is 0.687. The zero-order valence-corrected chi connectivity index (χ0v) is 18.2. The summed E-state index contributed by atoms with van der Waals surface area (Å²) in [4.78, 5) is 29.7. The highest BCUT2D eigenvalue weighted by atomic mass is 35.5. The molecule has 2 aliphatic rings. The number of morpholine rings is 1. The fourth-order valence-electron chi connectivity index (χ4n) is 4.10. The molecule has 2 saturated heterocycles. The van der Waals surface area contributed by atoms with Gasteiger partial charge in [-0.25, -0.2) is 0 Å². The van der Waals surface area contributed by atoms with Gasteiger partial charge in [0.1, 0.15) is 0 Å². The average Bonchev–Trinajstić information content (AvgIpc) is 3.32. The van der Waals surface area contributed by atoms with Gasteiger partial charge in [0.2, 0.25) is 0 Å². The van der Waals surface area contributed by atoms with Crippen LogP contribution in [0.3, 0.4) is 0 Å². The maximum atomic E-state index is 13.2. The second-order valence-corrected chi connectivity index (χ2v) is 8.34. The first-order valence-electron chi connectivity index (χ1n) is 10.7. The first-order chi connectivity index (χ1) is 15.1. The molecule has 2 amide bonds. The molecule has 4 rings (SSSR count). The van der Waals surface area contributed by atoms with Crippen molar-refractivity contribution in [3.8, 4) is 0 Å². The lowest BCUT2D eigenvalue weighted by atomic mass is 10.1. The largest absolute Gasteiger partial charge is 0.376 e. The number of carbonyl (C=O) groups excluding carboxylic acids is 2. The molecule has 0 saturated carbocycles. The maximum absolute atomic E-state index is 13.2. The summed E-state index contributed by atoms with van der Waals surface area (Å²) in [5, 5.41) is 0.440. The van der Waals surface area contributed by atoms with E-state index in [0.29, 0.717) is 48.9 Å². The smallest absolute Gasteiger partial charge is 0.255 e. The Morgan fingerprint density at radius 1 is 0.968 bits per heavy atom. The normalized spacial score (nSPS) is 21.1. The van der Waals surface area contributed by atoms with Crippen molar-refractivity contribution in [3.05, 3.63) is 70.7 Å². The maximum Gasteiger partial charge on any atom is 0.255 e. The minimum atomic E-state index is -0.269. The Morgan fingerprint density at radius 3 is 2.42 bits per heavy atom. The van der Waals surface area contributed by atoms with E-state index in [9.17, 15) is 9.59 Å². The summed E-state index contributed by atoms with van der Waals surface area (Å²) < 4.78 is 11.7. The van der Waals surface area contributed by atoms with E-state index in [1.165, 1.54) is 0 Å². The van der Waals surface area contributed by atoms with Crippen molar-refractivity contribution >= 4 is 23.4 Å². The average molecular weight is 443 g/mol. The molecular weight excluding hydrogens is 416 g/mol. The number of benzene rings is 2. The molecule has 2 aromatic carbocycles. The summed E-state index contributed by atoms with van der Waals surface area (Å²) in [6.45, 7) is 2.99. The highest BCUT2D eigenvalue weighted by Crippen LogP contribution is 2.20. The van der Waals surface area contributed by atoms with Gasteiger partial charge >= 0.3 is 0 Å². The third-order valence-electron chi connectivity index (χ3n) is 5.71. The highest BCUT2D eigenvalue weighted by Gasteiger charge is 2.30. The molecule has 2 fully saturated rings. The van der Waals surface area contributed by atoms with E-state index in [0.717, 1.165) is 19.4 Å². The van der Waals surface area contributed by atoms with Crippen LogP contribution in [0.4, 0.5) is 0 Å². The monoisotopic (exact) mass is 442 g/mol. The fraction of sp³-hybridized carbons (Fsp3) is 0.417. The number of rotatable bonds is 6. The first kappa shape index (κ1) is 21.8. The molecule has 0 bridgehead atoms. The molecule has 0 spiro atoms. The predicted molar refractivity (Wildman–Crippen MR) is 118 cm³/mol. The molecule has 0 N–H and O–H groups in total. The van der Waals surface area contributed by atoms with Crippen LogP contribution in [0, 0.1) is 0 Å². The lowest BCUT2D eigenvalue weighted by Gasteiger charge is -2.36. The van der Waals surface area contributed by atoms with Crippen LogP contribution in [0.15, 0.2) is 54.6 Å². The summed E-state index contributed by atoms with van der Waals surface area (Å²) in [7, 11) is 0. The van der Waals surface area contributed by atoms with Crippen molar-refractivity contribution in [1.29, 1.82) is 0 Å². The number of ether oxygens (including phenoxy) is 2. The molecule has 2 heterocycles. The van der Waals surface area contributed by atoms with Gasteiger partial charge in [-0.3, -0.25) is 9.59 Å². The number of carbonyl (C=O) groups is 2. The Morgan fingerprint density at radius 2 is 1.68 bits per heavy atom. The van der Waals surface area contributed by atoms with Crippen molar-refractivity contribution < 1.29 is 19.1 Å². The molecule has 0 radical (unpaired) electrons. The minimum Gasteiger partial charge on any atom is -0.376 e. The van der Waals surface area contributed by atoms with Gasteiger partial charge in [0.05, 0.1) is 29.4 Å². The molecule has 164 valence electrons. The zero-order valence-electron chi connectivity index (χ0n) is 17.4. The lowest BCUT2D eigenvalue weighted by molar-refractivity contribution is -0.0375. The fourth-order valence-corrected chi connectivity index (χ4v) is 4.32. The van der Waals surface area contributed by atoms with Gasteiger partial charge in [-0.15, -0.1) is 0 Å². The second-order valence-electron chi connectivity index (χ2n) is 7.94. The molecule has 2 aliphatic heterocycles. The molecule has 31 heavy (non-hydrogen) atoms. The standard InChI is InChI=1S/C24H27ClN2O4/c25-22-11-5-4-10-21(22)24(29)26-12-14-31-20(16-26)17-27(15-19-9-6-13-30-19)23(28)18-7-2-1-3-8-18/h1-5,7-8,10-11,19-20H,6,9,12-17H2/t19-,20-/m0/s1. The molecule has 0 aliphatic carbocycles. The van der Waals surface area contributed by atoms with Crippen LogP contribution in [0.1, 0.15) is 33.6 Å². The number of hydrogen-bond donors (Lipinski definition) is 0. The van der Waals surface area contributed by atoms with Gasteiger partial charge in [0.25, 0.3) is 11.8 Å². The number of amides is 2. The van der Waals surface area contributed by atoms with Crippen LogP contribution in [0.2, 0.25) is 5.02 Å².